The van der Waals surface area contributed by atoms with Crippen molar-refractivity contribution in [3.63, 3.8) is 0 Å². The van der Waals surface area contributed by atoms with E-state index >= 15 is 0 Å². The van der Waals surface area contributed by atoms with Crippen LogP contribution in [-0.4, -0.2) is 34.6 Å². The highest BCUT2D eigenvalue weighted by molar-refractivity contribution is 5.98. The zero-order chi connectivity index (χ0) is 19.0. The number of aromatic nitrogens is 2. The molecule has 1 aromatic carbocycles. The third kappa shape index (κ3) is 3.48. The van der Waals surface area contributed by atoms with E-state index in [4.69, 9.17) is 4.42 Å². The van der Waals surface area contributed by atoms with Gasteiger partial charge in [0.1, 0.15) is 11.5 Å². The third-order valence-electron chi connectivity index (χ3n) is 4.59. The Morgan fingerprint density at radius 1 is 1.26 bits per heavy atom. The van der Waals surface area contributed by atoms with Crippen LogP contribution < -0.4 is 10.2 Å². The van der Waals surface area contributed by atoms with Crippen LogP contribution in [-0.2, 0) is 4.79 Å². The zero-order valence-corrected chi connectivity index (χ0v) is 15.2. The van der Waals surface area contributed by atoms with Crippen LogP contribution in [0.4, 0.5) is 5.69 Å². The van der Waals surface area contributed by atoms with Crippen LogP contribution in [0, 0.1) is 13.8 Å². The van der Waals surface area contributed by atoms with Gasteiger partial charge in [0.25, 0.3) is 5.91 Å². The molecule has 3 aromatic rings. The second kappa shape index (κ2) is 6.75. The van der Waals surface area contributed by atoms with Crippen molar-refractivity contribution in [1.82, 2.24) is 15.5 Å². The molecule has 0 bridgehead atoms. The first-order valence-corrected chi connectivity index (χ1v) is 8.80. The van der Waals surface area contributed by atoms with Gasteiger partial charge in [-0.05, 0) is 43.7 Å². The lowest BCUT2D eigenvalue weighted by Crippen LogP contribution is -2.37. The molecule has 0 saturated carbocycles. The molecule has 0 radical (unpaired) electrons. The SMILES string of the molecule is Cc1cccc(N2CC(NC(=O)c3cc(-c4ccc(C)o4)[nH]n3)CC2=O)c1. The molecule has 138 valence electrons. The lowest BCUT2D eigenvalue weighted by Gasteiger charge is -2.17. The van der Waals surface area contributed by atoms with E-state index in [2.05, 4.69) is 15.5 Å². The lowest BCUT2D eigenvalue weighted by atomic mass is 10.2. The predicted molar refractivity (Wildman–Crippen MR) is 100 cm³/mol. The summed E-state index contributed by atoms with van der Waals surface area (Å²) < 4.78 is 5.53. The molecule has 1 fully saturated rings. The topological polar surface area (TPSA) is 91.2 Å². The second-order valence-corrected chi connectivity index (χ2v) is 6.80. The molecule has 1 aliphatic rings. The molecule has 1 atom stereocenters. The van der Waals surface area contributed by atoms with E-state index < -0.39 is 0 Å². The quantitative estimate of drug-likeness (QED) is 0.745. The van der Waals surface area contributed by atoms with Crippen LogP contribution >= 0.6 is 0 Å². The van der Waals surface area contributed by atoms with Crippen LogP contribution in [0.1, 0.15) is 28.2 Å². The summed E-state index contributed by atoms with van der Waals surface area (Å²) in [5.41, 5.74) is 2.84. The molecule has 2 N–H and O–H groups in total. The highest BCUT2D eigenvalue weighted by Crippen LogP contribution is 2.23. The first kappa shape index (κ1) is 17.1. The van der Waals surface area contributed by atoms with Crippen molar-refractivity contribution in [2.24, 2.45) is 0 Å². The van der Waals surface area contributed by atoms with Crippen molar-refractivity contribution < 1.29 is 14.0 Å². The maximum atomic E-state index is 12.5. The van der Waals surface area contributed by atoms with Crippen molar-refractivity contribution in [2.45, 2.75) is 26.3 Å². The van der Waals surface area contributed by atoms with E-state index in [1.165, 1.54) is 0 Å². The van der Waals surface area contributed by atoms with Gasteiger partial charge >= 0.3 is 0 Å². The molecule has 0 spiro atoms. The molecular weight excluding hydrogens is 344 g/mol. The number of anilines is 1. The summed E-state index contributed by atoms with van der Waals surface area (Å²) in [5.74, 6) is 1.09. The number of furan rings is 1. The molecule has 1 unspecified atom stereocenters. The van der Waals surface area contributed by atoms with Gasteiger partial charge in [0.15, 0.2) is 11.5 Å². The van der Waals surface area contributed by atoms with Crippen molar-refractivity contribution in [1.29, 1.82) is 0 Å². The van der Waals surface area contributed by atoms with E-state index in [0.29, 0.717) is 18.0 Å². The standard InChI is InChI=1S/C20H20N4O3/c1-12-4-3-5-15(8-12)24-11-14(9-19(24)25)21-20(26)17-10-16(22-23-17)18-7-6-13(2)27-18/h3-8,10,14H,9,11H2,1-2H3,(H,21,26)(H,22,23). The number of benzene rings is 1. The summed E-state index contributed by atoms with van der Waals surface area (Å²) >= 11 is 0. The van der Waals surface area contributed by atoms with Gasteiger partial charge < -0.3 is 14.6 Å². The average Bonchev–Trinajstić information content (AvgIpc) is 3.34. The Labute approximate surface area is 156 Å². The minimum Gasteiger partial charge on any atom is -0.460 e. The predicted octanol–water partition coefficient (Wildman–Crippen LogP) is 2.82. The fraction of sp³-hybridized carbons (Fsp3) is 0.250. The molecule has 7 heteroatoms. The smallest absolute Gasteiger partial charge is 0.272 e. The van der Waals surface area contributed by atoms with E-state index in [1.807, 2.05) is 50.2 Å². The first-order valence-electron chi connectivity index (χ1n) is 8.80. The number of amides is 2. The van der Waals surface area contributed by atoms with Gasteiger partial charge in [-0.3, -0.25) is 14.7 Å². The number of nitrogens with one attached hydrogen (secondary N) is 2. The van der Waals surface area contributed by atoms with Crippen molar-refractivity contribution in [3.8, 4) is 11.5 Å². The molecule has 3 heterocycles. The number of rotatable bonds is 4. The Balaban J connectivity index is 1.43. The number of H-pyrrole nitrogens is 1. The molecule has 4 rings (SSSR count). The fourth-order valence-corrected chi connectivity index (χ4v) is 3.25. The highest BCUT2D eigenvalue weighted by Gasteiger charge is 2.32. The van der Waals surface area contributed by atoms with Crippen LogP contribution in [0.2, 0.25) is 0 Å². The first-order chi connectivity index (χ1) is 13.0. The Hall–Kier alpha value is -3.35. The van der Waals surface area contributed by atoms with Gasteiger partial charge in [0.2, 0.25) is 5.91 Å². The largest absolute Gasteiger partial charge is 0.460 e. The van der Waals surface area contributed by atoms with Crippen molar-refractivity contribution in [2.75, 3.05) is 11.4 Å². The Bertz CT molecular complexity index is 1000. The summed E-state index contributed by atoms with van der Waals surface area (Å²) in [6.45, 7) is 4.28. The summed E-state index contributed by atoms with van der Waals surface area (Å²) in [4.78, 5) is 26.6. The monoisotopic (exact) mass is 364 g/mol. The minimum atomic E-state index is -0.315. The number of aromatic amines is 1. The highest BCUT2D eigenvalue weighted by atomic mass is 16.3. The number of hydrogen-bond acceptors (Lipinski definition) is 4. The van der Waals surface area contributed by atoms with Gasteiger partial charge in [-0.25, -0.2) is 0 Å². The molecule has 7 nitrogen and oxygen atoms in total. The molecular formula is C20H20N4O3. The van der Waals surface area contributed by atoms with Gasteiger partial charge in [0, 0.05) is 24.7 Å². The number of hydrogen-bond donors (Lipinski definition) is 2. The van der Waals surface area contributed by atoms with Crippen LogP contribution in [0.25, 0.3) is 11.5 Å². The van der Waals surface area contributed by atoms with Gasteiger partial charge in [-0.2, -0.15) is 5.10 Å². The zero-order valence-electron chi connectivity index (χ0n) is 15.2. The Morgan fingerprint density at radius 2 is 2.11 bits per heavy atom. The Kier molecular flexibility index (Phi) is 4.27. The van der Waals surface area contributed by atoms with E-state index in [-0.39, 0.29) is 30.0 Å². The van der Waals surface area contributed by atoms with Crippen molar-refractivity contribution in [3.05, 3.63) is 59.5 Å². The third-order valence-corrected chi connectivity index (χ3v) is 4.59. The van der Waals surface area contributed by atoms with Crippen LogP contribution in [0.5, 0.6) is 0 Å². The van der Waals surface area contributed by atoms with E-state index in [0.717, 1.165) is 17.0 Å². The minimum absolute atomic E-state index is 0.000299. The Morgan fingerprint density at radius 3 is 2.85 bits per heavy atom. The molecule has 1 aliphatic heterocycles. The van der Waals surface area contributed by atoms with Gasteiger partial charge in [-0.15, -0.1) is 0 Å². The molecule has 2 aromatic heterocycles. The van der Waals surface area contributed by atoms with Gasteiger partial charge in [-0.1, -0.05) is 12.1 Å². The molecule has 27 heavy (non-hydrogen) atoms. The van der Waals surface area contributed by atoms with E-state index in [9.17, 15) is 9.59 Å². The summed E-state index contributed by atoms with van der Waals surface area (Å²) in [7, 11) is 0. The number of carbonyl (C=O) groups is 2. The number of aryl methyl sites for hydroxylation is 2. The average molecular weight is 364 g/mol. The fourth-order valence-electron chi connectivity index (χ4n) is 3.25. The maximum Gasteiger partial charge on any atom is 0.272 e. The van der Waals surface area contributed by atoms with Crippen LogP contribution in [0.15, 0.2) is 46.9 Å². The second-order valence-electron chi connectivity index (χ2n) is 6.80. The van der Waals surface area contributed by atoms with Crippen LogP contribution in [0.3, 0.4) is 0 Å². The molecule has 1 saturated heterocycles. The van der Waals surface area contributed by atoms with E-state index in [1.54, 1.807) is 11.0 Å². The van der Waals surface area contributed by atoms with Gasteiger partial charge in [0.05, 0.1) is 6.04 Å². The lowest BCUT2D eigenvalue weighted by molar-refractivity contribution is -0.117. The summed E-state index contributed by atoms with van der Waals surface area (Å²) in [5, 5.41) is 9.76. The normalized spacial score (nSPS) is 16.7. The molecule has 2 amide bonds. The number of carbonyl (C=O) groups excluding carboxylic acids is 2. The maximum absolute atomic E-state index is 12.5. The summed E-state index contributed by atoms with van der Waals surface area (Å²) in [6.07, 6.45) is 0.272. The summed E-state index contributed by atoms with van der Waals surface area (Å²) in [6, 6.07) is 12.8. The van der Waals surface area contributed by atoms with Crippen molar-refractivity contribution >= 4 is 17.5 Å². The number of nitrogens with zero attached hydrogens (tertiary/aromatic N) is 2. The molecule has 0 aliphatic carbocycles.